The fraction of sp³-hybridized carbons (Fsp3) is 0.227. The summed E-state index contributed by atoms with van der Waals surface area (Å²) in [4.78, 5) is 28.8. The van der Waals surface area contributed by atoms with Crippen molar-refractivity contribution >= 4 is 11.6 Å². The van der Waals surface area contributed by atoms with Crippen LogP contribution in [0.3, 0.4) is 0 Å². The molecular weight excluding hydrogens is 390 g/mol. The molecular formula is C22H20F2N4O2. The van der Waals surface area contributed by atoms with Crippen molar-refractivity contribution in [2.45, 2.75) is 6.54 Å². The van der Waals surface area contributed by atoms with Gasteiger partial charge in [-0.1, -0.05) is 12.1 Å². The van der Waals surface area contributed by atoms with Gasteiger partial charge in [0.25, 0.3) is 11.5 Å². The highest BCUT2D eigenvalue weighted by atomic mass is 19.1. The van der Waals surface area contributed by atoms with E-state index in [0.717, 1.165) is 5.69 Å². The largest absolute Gasteiger partial charge is 0.368 e. The smallest absolute Gasteiger partial charge is 0.274 e. The van der Waals surface area contributed by atoms with Gasteiger partial charge in [-0.05, 0) is 48.0 Å². The average Bonchev–Trinajstić information content (AvgIpc) is 2.77. The molecule has 1 aliphatic heterocycles. The lowest BCUT2D eigenvalue weighted by Gasteiger charge is -2.36. The number of carbonyl (C=O) groups is 1. The van der Waals surface area contributed by atoms with Gasteiger partial charge in [-0.2, -0.15) is 5.10 Å². The summed E-state index contributed by atoms with van der Waals surface area (Å²) in [5.41, 5.74) is 1.47. The highest BCUT2D eigenvalue weighted by Gasteiger charge is 2.23. The zero-order chi connectivity index (χ0) is 21.1. The third-order valence-corrected chi connectivity index (χ3v) is 5.09. The fourth-order valence-electron chi connectivity index (χ4n) is 3.42. The predicted octanol–water partition coefficient (Wildman–Crippen LogP) is 2.53. The minimum absolute atomic E-state index is 0.151. The van der Waals surface area contributed by atoms with Crippen molar-refractivity contribution in [3.8, 4) is 0 Å². The monoisotopic (exact) mass is 410 g/mol. The van der Waals surface area contributed by atoms with E-state index in [2.05, 4.69) is 10.00 Å². The third-order valence-electron chi connectivity index (χ3n) is 5.09. The molecule has 2 heterocycles. The number of piperazine rings is 1. The molecule has 0 N–H and O–H groups in total. The Balaban J connectivity index is 1.44. The van der Waals surface area contributed by atoms with Crippen LogP contribution in [0.2, 0.25) is 0 Å². The van der Waals surface area contributed by atoms with Crippen LogP contribution in [0.25, 0.3) is 0 Å². The molecule has 0 unspecified atom stereocenters. The number of rotatable bonds is 4. The number of hydrogen-bond acceptors (Lipinski definition) is 4. The maximum Gasteiger partial charge on any atom is 0.274 e. The Kier molecular flexibility index (Phi) is 5.56. The number of benzene rings is 2. The van der Waals surface area contributed by atoms with Gasteiger partial charge in [0.15, 0.2) is 0 Å². The van der Waals surface area contributed by atoms with E-state index >= 15 is 0 Å². The zero-order valence-electron chi connectivity index (χ0n) is 16.2. The summed E-state index contributed by atoms with van der Waals surface area (Å²) in [6, 6.07) is 14.8. The summed E-state index contributed by atoms with van der Waals surface area (Å²) in [6.07, 6.45) is 0. The van der Waals surface area contributed by atoms with Crippen LogP contribution in [-0.4, -0.2) is 46.8 Å². The quantitative estimate of drug-likeness (QED) is 0.663. The molecule has 6 nitrogen and oxygen atoms in total. The van der Waals surface area contributed by atoms with Crippen LogP contribution in [0, 0.1) is 11.6 Å². The molecule has 30 heavy (non-hydrogen) atoms. The number of anilines is 1. The summed E-state index contributed by atoms with van der Waals surface area (Å²) < 4.78 is 27.4. The van der Waals surface area contributed by atoms with Gasteiger partial charge in [0.1, 0.15) is 17.3 Å². The number of hydrogen-bond donors (Lipinski definition) is 0. The van der Waals surface area contributed by atoms with Gasteiger partial charge in [0.2, 0.25) is 0 Å². The molecule has 2 aromatic carbocycles. The zero-order valence-corrected chi connectivity index (χ0v) is 16.2. The Labute approximate surface area is 172 Å². The van der Waals surface area contributed by atoms with Gasteiger partial charge in [0.05, 0.1) is 6.54 Å². The number of nitrogens with zero attached hydrogens (tertiary/aromatic N) is 4. The summed E-state index contributed by atoms with van der Waals surface area (Å²) >= 11 is 0. The lowest BCUT2D eigenvalue weighted by molar-refractivity contribution is 0.0738. The van der Waals surface area contributed by atoms with E-state index in [1.54, 1.807) is 29.2 Å². The van der Waals surface area contributed by atoms with Crippen LogP contribution in [-0.2, 0) is 6.54 Å². The number of halogens is 2. The molecule has 1 aliphatic rings. The van der Waals surface area contributed by atoms with Crippen LogP contribution in [0.5, 0.6) is 0 Å². The molecule has 4 rings (SSSR count). The lowest BCUT2D eigenvalue weighted by atomic mass is 10.2. The summed E-state index contributed by atoms with van der Waals surface area (Å²) in [7, 11) is 0. The Morgan fingerprint density at radius 3 is 2.07 bits per heavy atom. The van der Waals surface area contributed by atoms with Gasteiger partial charge < -0.3 is 9.80 Å². The Hall–Kier alpha value is -3.55. The van der Waals surface area contributed by atoms with Crippen molar-refractivity contribution in [3.63, 3.8) is 0 Å². The Bertz CT molecular complexity index is 1090. The fourth-order valence-corrected chi connectivity index (χ4v) is 3.42. The average molecular weight is 410 g/mol. The highest BCUT2D eigenvalue weighted by Crippen LogP contribution is 2.17. The van der Waals surface area contributed by atoms with E-state index in [0.29, 0.717) is 31.7 Å². The van der Waals surface area contributed by atoms with Gasteiger partial charge in [0, 0.05) is 37.9 Å². The maximum absolute atomic E-state index is 13.1. The van der Waals surface area contributed by atoms with Crippen molar-refractivity contribution in [2.75, 3.05) is 31.1 Å². The number of aromatic nitrogens is 2. The molecule has 1 fully saturated rings. The van der Waals surface area contributed by atoms with Gasteiger partial charge in [-0.25, -0.2) is 13.5 Å². The van der Waals surface area contributed by atoms with Gasteiger partial charge >= 0.3 is 0 Å². The van der Waals surface area contributed by atoms with Crippen LogP contribution < -0.4 is 10.5 Å². The standard InChI is InChI=1S/C22H20F2N4O2/c23-17-3-1-16(2-4-17)15-28-21(29)10-9-20(25-28)22(30)27-13-11-26(12-14-27)19-7-5-18(24)6-8-19/h1-10H,11-15H2. The summed E-state index contributed by atoms with van der Waals surface area (Å²) in [5.74, 6) is -0.890. The van der Waals surface area contributed by atoms with Gasteiger partial charge in [-0.15, -0.1) is 0 Å². The molecule has 1 saturated heterocycles. The normalized spacial score (nSPS) is 14.1. The van der Waals surface area contributed by atoms with E-state index in [9.17, 15) is 18.4 Å². The summed E-state index contributed by atoms with van der Waals surface area (Å²) in [5, 5.41) is 4.22. The third kappa shape index (κ3) is 4.37. The van der Waals surface area contributed by atoms with Gasteiger partial charge in [-0.3, -0.25) is 9.59 Å². The first-order valence-electron chi connectivity index (χ1n) is 9.62. The molecule has 154 valence electrons. The Morgan fingerprint density at radius 2 is 1.43 bits per heavy atom. The van der Waals surface area contributed by atoms with E-state index in [-0.39, 0.29) is 35.3 Å². The van der Waals surface area contributed by atoms with Crippen molar-refractivity contribution in [3.05, 3.63) is 93.9 Å². The molecule has 0 spiro atoms. The van der Waals surface area contributed by atoms with E-state index < -0.39 is 0 Å². The van der Waals surface area contributed by atoms with E-state index in [1.807, 2.05) is 0 Å². The molecule has 3 aromatic rings. The second-order valence-electron chi connectivity index (χ2n) is 7.10. The van der Waals surface area contributed by atoms with Crippen LogP contribution in [0.4, 0.5) is 14.5 Å². The topological polar surface area (TPSA) is 58.4 Å². The molecule has 8 heteroatoms. The van der Waals surface area contributed by atoms with Crippen LogP contribution in [0.1, 0.15) is 16.1 Å². The molecule has 0 radical (unpaired) electrons. The SMILES string of the molecule is O=C(c1ccc(=O)n(Cc2ccc(F)cc2)n1)N1CCN(c2ccc(F)cc2)CC1. The van der Waals surface area contributed by atoms with Crippen molar-refractivity contribution in [1.82, 2.24) is 14.7 Å². The molecule has 0 atom stereocenters. The summed E-state index contributed by atoms with van der Waals surface area (Å²) in [6.45, 7) is 2.38. The predicted molar refractivity (Wildman–Crippen MR) is 109 cm³/mol. The van der Waals surface area contributed by atoms with Crippen molar-refractivity contribution < 1.29 is 13.6 Å². The first kappa shape index (κ1) is 19.8. The second-order valence-corrected chi connectivity index (χ2v) is 7.10. The maximum atomic E-state index is 13.1. The highest BCUT2D eigenvalue weighted by molar-refractivity contribution is 5.92. The minimum atomic E-state index is -0.359. The van der Waals surface area contributed by atoms with Crippen molar-refractivity contribution in [1.29, 1.82) is 0 Å². The molecule has 1 aromatic heterocycles. The molecule has 0 bridgehead atoms. The number of amides is 1. The first-order chi connectivity index (χ1) is 14.5. The van der Waals surface area contributed by atoms with E-state index in [4.69, 9.17) is 0 Å². The molecule has 0 aliphatic carbocycles. The lowest BCUT2D eigenvalue weighted by Crippen LogP contribution is -2.49. The van der Waals surface area contributed by atoms with Crippen molar-refractivity contribution in [2.24, 2.45) is 0 Å². The van der Waals surface area contributed by atoms with E-state index in [1.165, 1.54) is 41.1 Å². The van der Waals surface area contributed by atoms with Crippen LogP contribution >= 0.6 is 0 Å². The first-order valence-corrected chi connectivity index (χ1v) is 9.62. The molecule has 0 saturated carbocycles. The minimum Gasteiger partial charge on any atom is -0.368 e. The second kappa shape index (κ2) is 8.44. The number of carbonyl (C=O) groups excluding carboxylic acids is 1. The Morgan fingerprint density at radius 1 is 0.833 bits per heavy atom. The van der Waals surface area contributed by atoms with Crippen LogP contribution in [0.15, 0.2) is 65.5 Å². The molecule has 1 amide bonds.